The Morgan fingerprint density at radius 2 is 1.88 bits per heavy atom. The maximum Gasteiger partial charge on any atom is 0.291 e. The molecule has 0 spiro atoms. The van der Waals surface area contributed by atoms with Crippen molar-refractivity contribution in [1.29, 1.82) is 0 Å². The summed E-state index contributed by atoms with van der Waals surface area (Å²) in [4.78, 5) is 17.4. The molecule has 32 heavy (non-hydrogen) atoms. The van der Waals surface area contributed by atoms with Crippen LogP contribution in [0.2, 0.25) is 0 Å². The van der Waals surface area contributed by atoms with Crippen LogP contribution in [-0.2, 0) is 0 Å². The van der Waals surface area contributed by atoms with Crippen molar-refractivity contribution in [1.82, 2.24) is 24.4 Å². The van der Waals surface area contributed by atoms with Crippen molar-refractivity contribution in [3.63, 3.8) is 0 Å². The predicted octanol–water partition coefficient (Wildman–Crippen LogP) is 3.59. The third-order valence-corrected chi connectivity index (χ3v) is 5.86. The molecule has 0 N–H and O–H groups in total. The zero-order chi connectivity index (χ0) is 22.1. The van der Waals surface area contributed by atoms with E-state index in [1.807, 2.05) is 71.6 Å². The number of hydrogen-bond acceptors (Lipinski definition) is 6. The highest BCUT2D eigenvalue weighted by atomic mass is 32.1. The van der Waals surface area contributed by atoms with Crippen molar-refractivity contribution in [2.24, 2.45) is 5.92 Å². The van der Waals surface area contributed by atoms with E-state index in [1.54, 1.807) is 0 Å². The molecule has 0 saturated heterocycles. The van der Waals surface area contributed by atoms with Gasteiger partial charge in [-0.05, 0) is 48.4 Å². The molecule has 0 atom stereocenters. The number of aromatic nitrogens is 5. The van der Waals surface area contributed by atoms with Crippen LogP contribution in [0.1, 0.15) is 19.4 Å². The maximum absolute atomic E-state index is 12.7. The Balaban J connectivity index is 1.60. The summed E-state index contributed by atoms with van der Waals surface area (Å²) in [5.74, 6) is 1.28. The number of ether oxygens (including phenoxy) is 1. The minimum Gasteiger partial charge on any atom is -0.493 e. The van der Waals surface area contributed by atoms with Crippen LogP contribution in [0.15, 0.2) is 71.9 Å². The highest BCUT2D eigenvalue weighted by Gasteiger charge is 2.13. The molecule has 0 aliphatic heterocycles. The Hall–Kier alpha value is -3.78. The summed E-state index contributed by atoms with van der Waals surface area (Å²) >= 11 is 1.31. The van der Waals surface area contributed by atoms with Crippen LogP contribution in [0.25, 0.3) is 28.0 Å². The molecular formula is C24H21N5O2S. The quantitative estimate of drug-likeness (QED) is 0.401. The van der Waals surface area contributed by atoms with Gasteiger partial charge >= 0.3 is 0 Å². The smallest absolute Gasteiger partial charge is 0.291 e. The lowest BCUT2D eigenvalue weighted by Crippen LogP contribution is -2.23. The maximum atomic E-state index is 12.7. The summed E-state index contributed by atoms with van der Waals surface area (Å²) in [6.45, 7) is 4.91. The van der Waals surface area contributed by atoms with E-state index in [9.17, 15) is 4.79 Å². The average Bonchev–Trinajstić information content (AvgIpc) is 3.51. The summed E-state index contributed by atoms with van der Waals surface area (Å²) in [5.41, 5.74) is 3.32. The average molecular weight is 444 g/mol. The number of para-hydroxylation sites is 1. The standard InChI is InChI=1S/C24H21N5O2S/c1-16(2)14-31-20-10-8-17(9-11-20)22-18(13-28(27-22)19-6-4-3-5-7-19)12-21-23(30)29-24(32-21)25-15-26-29/h3-13,15-16H,14H2,1-2H3/b21-12+. The van der Waals surface area contributed by atoms with Gasteiger partial charge in [-0.3, -0.25) is 4.79 Å². The van der Waals surface area contributed by atoms with E-state index in [4.69, 9.17) is 9.84 Å². The van der Waals surface area contributed by atoms with Gasteiger partial charge in [-0.2, -0.15) is 14.7 Å². The number of benzene rings is 2. The van der Waals surface area contributed by atoms with Crippen molar-refractivity contribution >= 4 is 22.4 Å². The molecule has 3 heterocycles. The molecule has 0 fully saturated rings. The first kappa shape index (κ1) is 20.1. The lowest BCUT2D eigenvalue weighted by molar-refractivity contribution is 0.271. The highest BCUT2D eigenvalue weighted by molar-refractivity contribution is 7.15. The second kappa shape index (κ2) is 8.39. The zero-order valence-electron chi connectivity index (χ0n) is 17.7. The van der Waals surface area contributed by atoms with Crippen LogP contribution in [0.4, 0.5) is 0 Å². The van der Waals surface area contributed by atoms with E-state index in [2.05, 4.69) is 23.9 Å². The van der Waals surface area contributed by atoms with E-state index in [0.717, 1.165) is 28.3 Å². The molecule has 3 aromatic heterocycles. The van der Waals surface area contributed by atoms with Gasteiger partial charge in [0.25, 0.3) is 5.56 Å². The molecule has 0 saturated carbocycles. The van der Waals surface area contributed by atoms with Crippen LogP contribution in [0, 0.1) is 5.92 Å². The van der Waals surface area contributed by atoms with Crippen molar-refractivity contribution in [2.75, 3.05) is 6.61 Å². The fourth-order valence-corrected chi connectivity index (χ4v) is 4.19. The Morgan fingerprint density at radius 3 is 2.59 bits per heavy atom. The van der Waals surface area contributed by atoms with Gasteiger partial charge in [0.05, 0.1) is 16.8 Å². The number of hydrogen-bond donors (Lipinski definition) is 0. The van der Waals surface area contributed by atoms with Crippen LogP contribution in [0.3, 0.4) is 0 Å². The molecule has 0 aliphatic carbocycles. The van der Waals surface area contributed by atoms with Gasteiger partial charge in [-0.1, -0.05) is 43.4 Å². The van der Waals surface area contributed by atoms with Gasteiger partial charge in [-0.25, -0.2) is 9.67 Å². The molecule has 0 unspecified atom stereocenters. The molecule has 5 rings (SSSR count). The fourth-order valence-electron chi connectivity index (χ4n) is 3.32. The molecule has 7 nitrogen and oxygen atoms in total. The van der Waals surface area contributed by atoms with Gasteiger partial charge in [-0.15, -0.1) is 0 Å². The van der Waals surface area contributed by atoms with Crippen LogP contribution >= 0.6 is 11.3 Å². The fraction of sp³-hybridized carbons (Fsp3) is 0.167. The number of nitrogens with zero attached hydrogens (tertiary/aromatic N) is 5. The Bertz CT molecular complexity index is 1470. The minimum atomic E-state index is -0.182. The first-order chi connectivity index (χ1) is 15.6. The highest BCUT2D eigenvalue weighted by Crippen LogP contribution is 2.26. The minimum absolute atomic E-state index is 0.182. The van der Waals surface area contributed by atoms with E-state index >= 15 is 0 Å². The van der Waals surface area contributed by atoms with Crippen molar-refractivity contribution in [3.8, 4) is 22.7 Å². The SMILES string of the molecule is CC(C)COc1ccc(-c2nn(-c3ccccc3)cc2/C=c2/sc3ncnn3c2=O)cc1. The first-order valence-electron chi connectivity index (χ1n) is 10.3. The number of thiazole rings is 1. The van der Waals surface area contributed by atoms with Gasteiger partial charge in [0.15, 0.2) is 0 Å². The van der Waals surface area contributed by atoms with Gasteiger partial charge in [0.1, 0.15) is 17.8 Å². The molecule has 0 aliphatic rings. The molecule has 5 aromatic rings. The largest absolute Gasteiger partial charge is 0.493 e. The van der Waals surface area contributed by atoms with E-state index in [1.165, 1.54) is 22.2 Å². The summed E-state index contributed by atoms with van der Waals surface area (Å²) < 4.78 is 9.51. The predicted molar refractivity (Wildman–Crippen MR) is 125 cm³/mol. The Labute approximate surface area is 188 Å². The molecule has 0 bridgehead atoms. The van der Waals surface area contributed by atoms with E-state index in [-0.39, 0.29) is 5.56 Å². The number of fused-ring (bicyclic) bond motifs is 1. The monoisotopic (exact) mass is 443 g/mol. The summed E-state index contributed by atoms with van der Waals surface area (Å²) in [6.07, 6.45) is 5.18. The van der Waals surface area contributed by atoms with Crippen molar-refractivity contribution in [3.05, 3.63) is 87.6 Å². The third-order valence-electron chi connectivity index (χ3n) is 4.88. The number of rotatable bonds is 6. The normalized spacial score (nSPS) is 12.2. The van der Waals surface area contributed by atoms with Crippen molar-refractivity contribution in [2.45, 2.75) is 13.8 Å². The zero-order valence-corrected chi connectivity index (χ0v) is 18.5. The lowest BCUT2D eigenvalue weighted by Gasteiger charge is -2.09. The van der Waals surface area contributed by atoms with Crippen LogP contribution < -0.4 is 14.8 Å². The summed E-state index contributed by atoms with van der Waals surface area (Å²) in [5, 5.41) is 8.83. The summed E-state index contributed by atoms with van der Waals surface area (Å²) in [6, 6.07) is 17.8. The van der Waals surface area contributed by atoms with E-state index in [0.29, 0.717) is 22.0 Å². The lowest BCUT2D eigenvalue weighted by atomic mass is 10.1. The molecular weight excluding hydrogens is 422 g/mol. The second-order valence-electron chi connectivity index (χ2n) is 7.81. The van der Waals surface area contributed by atoms with Gasteiger partial charge in [0, 0.05) is 17.3 Å². The topological polar surface area (TPSA) is 74.3 Å². The van der Waals surface area contributed by atoms with Crippen LogP contribution in [-0.4, -0.2) is 31.0 Å². The Kier molecular flexibility index (Phi) is 5.28. The second-order valence-corrected chi connectivity index (χ2v) is 8.82. The first-order valence-corrected chi connectivity index (χ1v) is 11.1. The van der Waals surface area contributed by atoms with Gasteiger partial charge in [0.2, 0.25) is 4.96 Å². The van der Waals surface area contributed by atoms with Gasteiger partial charge < -0.3 is 4.74 Å². The van der Waals surface area contributed by atoms with Crippen LogP contribution in [0.5, 0.6) is 5.75 Å². The van der Waals surface area contributed by atoms with Crippen molar-refractivity contribution < 1.29 is 4.74 Å². The molecule has 0 radical (unpaired) electrons. The van der Waals surface area contributed by atoms with E-state index < -0.39 is 0 Å². The molecule has 8 heteroatoms. The third kappa shape index (κ3) is 3.92. The Morgan fingerprint density at radius 1 is 1.09 bits per heavy atom. The molecule has 2 aromatic carbocycles. The molecule has 0 amide bonds. The molecule has 160 valence electrons. The summed E-state index contributed by atoms with van der Waals surface area (Å²) in [7, 11) is 0.